The molecule has 0 saturated carbocycles. The van der Waals surface area contributed by atoms with Crippen LogP contribution in [0.2, 0.25) is 0 Å². The standard InChI is InChI=1S/C24H24N4O10/c1-4-35-24(30)17-10-13(38-27-17)9-15-16(20-22(37-12-36-20)21(34-3)19(15)33-2)11-25-26-23(29)14-7-5-6-8-18(14)28(31)32/h5-8,11,13H,4,9-10,12H2,1-3H3,(H,26,29)/b25-11-/t13-/m1/s1. The van der Waals surface area contributed by atoms with E-state index in [9.17, 15) is 19.7 Å². The smallest absolute Gasteiger partial charge is 0.356 e. The number of rotatable bonds is 10. The van der Waals surface area contributed by atoms with E-state index in [0.29, 0.717) is 16.9 Å². The van der Waals surface area contributed by atoms with Crippen LogP contribution in [0.15, 0.2) is 34.5 Å². The summed E-state index contributed by atoms with van der Waals surface area (Å²) in [6, 6.07) is 5.50. The minimum Gasteiger partial charge on any atom is -0.492 e. The van der Waals surface area contributed by atoms with Crippen LogP contribution in [0.4, 0.5) is 5.69 Å². The van der Waals surface area contributed by atoms with Crippen LogP contribution in [0.25, 0.3) is 0 Å². The van der Waals surface area contributed by atoms with Gasteiger partial charge in [0.2, 0.25) is 18.3 Å². The van der Waals surface area contributed by atoms with Crippen LogP contribution in [0, 0.1) is 10.1 Å². The van der Waals surface area contributed by atoms with Gasteiger partial charge < -0.3 is 28.5 Å². The van der Waals surface area contributed by atoms with Crippen LogP contribution in [0.5, 0.6) is 23.0 Å². The third-order valence-corrected chi connectivity index (χ3v) is 5.66. The summed E-state index contributed by atoms with van der Waals surface area (Å²) >= 11 is 0. The molecule has 1 N–H and O–H groups in total. The number of para-hydroxylation sites is 1. The predicted octanol–water partition coefficient (Wildman–Crippen LogP) is 2.36. The minimum absolute atomic E-state index is 0.0994. The molecular weight excluding hydrogens is 504 g/mol. The maximum Gasteiger partial charge on any atom is 0.356 e. The number of nitro groups is 1. The largest absolute Gasteiger partial charge is 0.492 e. The zero-order valence-corrected chi connectivity index (χ0v) is 20.7. The van der Waals surface area contributed by atoms with E-state index in [0.717, 1.165) is 0 Å². The van der Waals surface area contributed by atoms with Gasteiger partial charge in [0.15, 0.2) is 17.2 Å². The van der Waals surface area contributed by atoms with Gasteiger partial charge in [-0.15, -0.1) is 0 Å². The highest BCUT2D eigenvalue weighted by Gasteiger charge is 2.34. The van der Waals surface area contributed by atoms with Crippen LogP contribution in [0.3, 0.4) is 0 Å². The second-order valence-corrected chi connectivity index (χ2v) is 7.89. The van der Waals surface area contributed by atoms with Crippen molar-refractivity contribution in [2.75, 3.05) is 27.6 Å². The number of nitrogens with zero attached hydrogens (tertiary/aromatic N) is 3. The summed E-state index contributed by atoms with van der Waals surface area (Å²) in [7, 11) is 2.88. The van der Waals surface area contributed by atoms with E-state index >= 15 is 0 Å². The average molecular weight is 528 g/mol. The number of methoxy groups -OCH3 is 2. The van der Waals surface area contributed by atoms with Crippen molar-refractivity contribution in [1.29, 1.82) is 0 Å². The first-order valence-corrected chi connectivity index (χ1v) is 11.4. The molecule has 2 aromatic rings. The Morgan fingerprint density at radius 3 is 2.66 bits per heavy atom. The summed E-state index contributed by atoms with van der Waals surface area (Å²) in [6.07, 6.45) is 1.12. The Morgan fingerprint density at radius 2 is 1.95 bits per heavy atom. The van der Waals surface area contributed by atoms with Gasteiger partial charge in [-0.1, -0.05) is 17.3 Å². The Hall–Kier alpha value is -4.88. The van der Waals surface area contributed by atoms with Crippen molar-refractivity contribution in [2.45, 2.75) is 25.9 Å². The molecule has 1 amide bonds. The maximum absolute atomic E-state index is 12.6. The fourth-order valence-corrected chi connectivity index (χ4v) is 4.03. The summed E-state index contributed by atoms with van der Waals surface area (Å²) in [6.45, 7) is 1.79. The third-order valence-electron chi connectivity index (χ3n) is 5.66. The molecule has 0 aliphatic carbocycles. The molecule has 2 heterocycles. The van der Waals surface area contributed by atoms with E-state index in [4.69, 9.17) is 28.5 Å². The van der Waals surface area contributed by atoms with Crippen molar-refractivity contribution in [3.05, 3.63) is 51.1 Å². The highest BCUT2D eigenvalue weighted by Crippen LogP contribution is 2.52. The van der Waals surface area contributed by atoms with Gasteiger partial charge in [-0.25, -0.2) is 10.2 Å². The molecule has 1 atom stereocenters. The SMILES string of the molecule is CCOC(=O)C1=NO[C@H](Cc2c(/C=N\NC(=O)c3ccccc3[N+](=O)[O-])c3c(c(OC)c2OC)OCO3)C1. The molecule has 0 fully saturated rings. The van der Waals surface area contributed by atoms with Gasteiger partial charge in [0.1, 0.15) is 11.7 Å². The summed E-state index contributed by atoms with van der Waals surface area (Å²) in [4.78, 5) is 40.8. The lowest BCUT2D eigenvalue weighted by atomic mass is 9.96. The number of carbonyl (C=O) groups is 2. The summed E-state index contributed by atoms with van der Waals surface area (Å²) in [5, 5.41) is 19.1. The normalized spacial score (nSPS) is 15.6. The van der Waals surface area contributed by atoms with Crippen LogP contribution in [0.1, 0.15) is 34.8 Å². The number of benzene rings is 2. The lowest BCUT2D eigenvalue weighted by Crippen LogP contribution is -2.20. The van der Waals surface area contributed by atoms with Crippen molar-refractivity contribution in [3.63, 3.8) is 0 Å². The number of hydrogen-bond donors (Lipinski definition) is 1. The first kappa shape index (κ1) is 26.2. The molecule has 0 radical (unpaired) electrons. The third kappa shape index (κ3) is 5.14. The van der Waals surface area contributed by atoms with E-state index in [2.05, 4.69) is 15.7 Å². The van der Waals surface area contributed by atoms with Gasteiger partial charge in [-0.2, -0.15) is 5.10 Å². The number of ether oxygens (including phenoxy) is 5. The molecule has 2 aliphatic heterocycles. The number of fused-ring (bicyclic) bond motifs is 1. The Morgan fingerprint density at radius 1 is 1.21 bits per heavy atom. The molecular formula is C24H24N4O10. The van der Waals surface area contributed by atoms with Crippen LogP contribution >= 0.6 is 0 Å². The van der Waals surface area contributed by atoms with Crippen LogP contribution in [-0.2, 0) is 20.8 Å². The number of nitro benzene ring substituents is 1. The van der Waals surface area contributed by atoms with E-state index < -0.39 is 22.9 Å². The summed E-state index contributed by atoms with van der Waals surface area (Å²) < 4.78 is 27.4. The van der Waals surface area contributed by atoms with Crippen LogP contribution < -0.4 is 24.4 Å². The molecule has 0 aromatic heterocycles. The zero-order valence-electron chi connectivity index (χ0n) is 20.7. The van der Waals surface area contributed by atoms with Crippen molar-refractivity contribution in [1.82, 2.24) is 5.43 Å². The second-order valence-electron chi connectivity index (χ2n) is 7.89. The molecule has 14 heteroatoms. The van der Waals surface area contributed by atoms with Gasteiger partial charge in [-0.3, -0.25) is 14.9 Å². The molecule has 4 rings (SSSR count). The van der Waals surface area contributed by atoms with E-state index in [1.165, 1.54) is 44.7 Å². The highest BCUT2D eigenvalue weighted by atomic mass is 16.7. The Labute approximate surface area is 216 Å². The number of nitrogens with one attached hydrogen (secondary N) is 1. The van der Waals surface area contributed by atoms with E-state index in [1.807, 2.05) is 0 Å². The van der Waals surface area contributed by atoms with E-state index in [1.54, 1.807) is 6.92 Å². The Kier molecular flexibility index (Phi) is 7.89. The number of carbonyl (C=O) groups excluding carboxylic acids is 2. The predicted molar refractivity (Wildman–Crippen MR) is 131 cm³/mol. The fraction of sp³-hybridized carbons (Fsp3) is 0.333. The maximum atomic E-state index is 12.6. The van der Waals surface area contributed by atoms with Gasteiger partial charge >= 0.3 is 5.97 Å². The van der Waals surface area contributed by atoms with E-state index in [-0.39, 0.29) is 60.5 Å². The molecule has 2 aromatic carbocycles. The lowest BCUT2D eigenvalue weighted by Gasteiger charge is -2.19. The molecule has 38 heavy (non-hydrogen) atoms. The monoisotopic (exact) mass is 528 g/mol. The Bertz CT molecular complexity index is 1320. The van der Waals surface area contributed by atoms with Gasteiger partial charge in [-0.05, 0) is 13.0 Å². The van der Waals surface area contributed by atoms with Crippen molar-refractivity contribution < 1.29 is 43.0 Å². The number of hydrazone groups is 1. The van der Waals surface area contributed by atoms with Crippen LogP contribution in [-0.4, -0.2) is 62.4 Å². The summed E-state index contributed by atoms with van der Waals surface area (Å²) in [5.74, 6) is -0.209. The molecule has 0 bridgehead atoms. The van der Waals surface area contributed by atoms with Crippen molar-refractivity contribution in [3.8, 4) is 23.0 Å². The number of oxime groups is 1. The molecule has 14 nitrogen and oxygen atoms in total. The number of amides is 1. The topological polar surface area (TPSA) is 169 Å². The lowest BCUT2D eigenvalue weighted by molar-refractivity contribution is -0.385. The molecule has 0 unspecified atom stereocenters. The van der Waals surface area contributed by atoms with Crippen molar-refractivity contribution >= 4 is 29.5 Å². The first-order chi connectivity index (χ1) is 18.4. The highest BCUT2D eigenvalue weighted by molar-refractivity contribution is 6.36. The van der Waals surface area contributed by atoms with Gasteiger partial charge in [0.05, 0.1) is 32.0 Å². The molecule has 0 saturated heterocycles. The Balaban J connectivity index is 1.65. The first-order valence-electron chi connectivity index (χ1n) is 11.4. The molecule has 200 valence electrons. The average Bonchev–Trinajstić information content (AvgIpc) is 3.59. The second kappa shape index (κ2) is 11.5. The minimum atomic E-state index is -0.781. The molecule has 2 aliphatic rings. The quantitative estimate of drug-likeness (QED) is 0.209. The van der Waals surface area contributed by atoms with Crippen molar-refractivity contribution in [2.24, 2.45) is 10.3 Å². The number of hydrogen-bond acceptors (Lipinski definition) is 12. The zero-order chi connectivity index (χ0) is 27.2. The van der Waals surface area contributed by atoms with Gasteiger partial charge in [0, 0.05) is 30.0 Å². The fourth-order valence-electron chi connectivity index (χ4n) is 4.03. The summed E-state index contributed by atoms with van der Waals surface area (Å²) in [5.41, 5.74) is 2.83. The van der Waals surface area contributed by atoms with Gasteiger partial charge in [0.25, 0.3) is 11.6 Å². The molecule has 0 spiro atoms. The number of esters is 1.